The highest BCUT2D eigenvalue weighted by Crippen LogP contribution is 2.18. The van der Waals surface area contributed by atoms with Crippen LogP contribution in [-0.4, -0.2) is 15.9 Å². The van der Waals surface area contributed by atoms with Crippen LogP contribution in [0.1, 0.15) is 15.9 Å². The lowest BCUT2D eigenvalue weighted by Gasteiger charge is -2.06. The van der Waals surface area contributed by atoms with Gasteiger partial charge in [-0.15, -0.1) is 0 Å². The Morgan fingerprint density at radius 3 is 2.72 bits per heavy atom. The fourth-order valence-electron chi connectivity index (χ4n) is 1.37. The van der Waals surface area contributed by atoms with Crippen LogP contribution in [0, 0.1) is 6.92 Å². The first kappa shape index (κ1) is 12.8. The predicted molar refractivity (Wildman–Crippen MR) is 71.2 cm³/mol. The average Bonchev–Trinajstić information content (AvgIpc) is 2.28. The van der Waals surface area contributed by atoms with Crippen molar-refractivity contribution in [3.63, 3.8) is 0 Å². The molecule has 0 bridgehead atoms. The standard InChI is InChI=1S/C12H9Cl2N3O/c1-7-2-3-8(9(13)6-7)11(18)17-12-15-5-4-10(14)16-12/h2-6H,1H3,(H,15,16,17,18). The summed E-state index contributed by atoms with van der Waals surface area (Å²) in [6.45, 7) is 1.90. The van der Waals surface area contributed by atoms with Gasteiger partial charge in [0, 0.05) is 6.20 Å². The van der Waals surface area contributed by atoms with Crippen LogP contribution in [0.2, 0.25) is 10.2 Å². The number of nitrogens with one attached hydrogen (secondary N) is 1. The van der Waals surface area contributed by atoms with Crippen LogP contribution >= 0.6 is 23.2 Å². The molecule has 92 valence electrons. The molecule has 1 amide bonds. The molecule has 18 heavy (non-hydrogen) atoms. The number of hydrogen-bond donors (Lipinski definition) is 1. The number of amides is 1. The molecule has 2 aromatic rings. The lowest BCUT2D eigenvalue weighted by atomic mass is 10.1. The number of benzene rings is 1. The largest absolute Gasteiger partial charge is 0.290 e. The zero-order chi connectivity index (χ0) is 13.1. The third-order valence-corrected chi connectivity index (χ3v) is 2.74. The molecular formula is C12H9Cl2N3O. The van der Waals surface area contributed by atoms with Gasteiger partial charge in [-0.1, -0.05) is 29.3 Å². The number of aryl methyl sites for hydroxylation is 1. The number of halogens is 2. The van der Waals surface area contributed by atoms with E-state index in [2.05, 4.69) is 15.3 Å². The van der Waals surface area contributed by atoms with Gasteiger partial charge in [0.1, 0.15) is 5.15 Å². The fourth-order valence-corrected chi connectivity index (χ4v) is 1.83. The normalized spacial score (nSPS) is 10.2. The smallest absolute Gasteiger partial charge is 0.259 e. The molecule has 2 rings (SSSR count). The van der Waals surface area contributed by atoms with Crippen LogP contribution < -0.4 is 5.32 Å². The van der Waals surface area contributed by atoms with Gasteiger partial charge in [-0.3, -0.25) is 10.1 Å². The molecular weight excluding hydrogens is 273 g/mol. The van der Waals surface area contributed by atoms with E-state index in [1.54, 1.807) is 18.2 Å². The van der Waals surface area contributed by atoms with Crippen molar-refractivity contribution in [3.05, 3.63) is 51.8 Å². The number of anilines is 1. The summed E-state index contributed by atoms with van der Waals surface area (Å²) in [7, 11) is 0. The summed E-state index contributed by atoms with van der Waals surface area (Å²) < 4.78 is 0. The van der Waals surface area contributed by atoms with Gasteiger partial charge >= 0.3 is 0 Å². The topological polar surface area (TPSA) is 54.9 Å². The lowest BCUT2D eigenvalue weighted by Crippen LogP contribution is -2.14. The Bertz CT molecular complexity index is 602. The van der Waals surface area contributed by atoms with E-state index in [4.69, 9.17) is 23.2 Å². The molecule has 1 heterocycles. The Morgan fingerprint density at radius 1 is 1.28 bits per heavy atom. The molecule has 0 aliphatic heterocycles. The van der Waals surface area contributed by atoms with Crippen molar-refractivity contribution in [1.29, 1.82) is 0 Å². The highest BCUT2D eigenvalue weighted by molar-refractivity contribution is 6.34. The zero-order valence-electron chi connectivity index (χ0n) is 9.45. The molecule has 0 saturated heterocycles. The number of hydrogen-bond acceptors (Lipinski definition) is 3. The Morgan fingerprint density at radius 2 is 2.06 bits per heavy atom. The second kappa shape index (κ2) is 5.33. The molecule has 0 spiro atoms. The second-order valence-corrected chi connectivity index (χ2v) is 4.43. The van der Waals surface area contributed by atoms with Gasteiger partial charge in [-0.05, 0) is 30.7 Å². The quantitative estimate of drug-likeness (QED) is 0.859. The maximum absolute atomic E-state index is 11.9. The highest BCUT2D eigenvalue weighted by Gasteiger charge is 2.11. The summed E-state index contributed by atoms with van der Waals surface area (Å²) in [4.78, 5) is 19.7. The van der Waals surface area contributed by atoms with Crippen molar-refractivity contribution in [2.75, 3.05) is 5.32 Å². The van der Waals surface area contributed by atoms with Gasteiger partial charge in [0.15, 0.2) is 0 Å². The van der Waals surface area contributed by atoms with E-state index < -0.39 is 0 Å². The van der Waals surface area contributed by atoms with Gasteiger partial charge < -0.3 is 0 Å². The summed E-state index contributed by atoms with van der Waals surface area (Å²) >= 11 is 11.7. The summed E-state index contributed by atoms with van der Waals surface area (Å²) in [6, 6.07) is 6.70. The molecule has 4 nitrogen and oxygen atoms in total. The average molecular weight is 282 g/mol. The van der Waals surface area contributed by atoms with Crippen molar-refractivity contribution >= 4 is 35.1 Å². The van der Waals surface area contributed by atoms with Crippen molar-refractivity contribution in [2.45, 2.75) is 6.92 Å². The molecule has 0 saturated carbocycles. The minimum absolute atomic E-state index is 0.143. The number of nitrogens with zero attached hydrogens (tertiary/aromatic N) is 2. The molecule has 0 unspecified atom stereocenters. The molecule has 0 aliphatic carbocycles. The Balaban J connectivity index is 2.22. The Hall–Kier alpha value is -1.65. The van der Waals surface area contributed by atoms with Gasteiger partial charge in [-0.2, -0.15) is 0 Å². The first-order valence-corrected chi connectivity index (χ1v) is 5.88. The van der Waals surface area contributed by atoms with Crippen LogP contribution in [0.5, 0.6) is 0 Å². The van der Waals surface area contributed by atoms with Gasteiger partial charge in [-0.25, -0.2) is 9.97 Å². The Kier molecular flexibility index (Phi) is 3.79. The monoisotopic (exact) mass is 281 g/mol. The highest BCUT2D eigenvalue weighted by atomic mass is 35.5. The van der Waals surface area contributed by atoms with Crippen LogP contribution in [0.4, 0.5) is 5.95 Å². The molecule has 1 aromatic heterocycles. The van der Waals surface area contributed by atoms with E-state index in [-0.39, 0.29) is 17.0 Å². The van der Waals surface area contributed by atoms with Crippen molar-refractivity contribution in [3.8, 4) is 0 Å². The number of aromatic nitrogens is 2. The van der Waals surface area contributed by atoms with E-state index >= 15 is 0 Å². The minimum Gasteiger partial charge on any atom is -0.290 e. The summed E-state index contributed by atoms with van der Waals surface area (Å²) in [5, 5.41) is 3.17. The van der Waals surface area contributed by atoms with E-state index in [0.29, 0.717) is 10.6 Å². The second-order valence-electron chi connectivity index (χ2n) is 3.64. The van der Waals surface area contributed by atoms with E-state index in [1.165, 1.54) is 12.3 Å². The van der Waals surface area contributed by atoms with Crippen molar-refractivity contribution in [1.82, 2.24) is 9.97 Å². The third kappa shape index (κ3) is 2.97. The fraction of sp³-hybridized carbons (Fsp3) is 0.0833. The number of carbonyl (C=O) groups excluding carboxylic acids is 1. The van der Waals surface area contributed by atoms with Crippen LogP contribution in [0.3, 0.4) is 0 Å². The summed E-state index contributed by atoms with van der Waals surface area (Å²) in [5.74, 6) is -0.230. The van der Waals surface area contributed by atoms with Gasteiger partial charge in [0.25, 0.3) is 5.91 Å². The van der Waals surface area contributed by atoms with Gasteiger partial charge in [0.05, 0.1) is 10.6 Å². The lowest BCUT2D eigenvalue weighted by molar-refractivity contribution is 0.102. The first-order chi connectivity index (χ1) is 8.56. The van der Waals surface area contributed by atoms with Crippen molar-refractivity contribution in [2.24, 2.45) is 0 Å². The van der Waals surface area contributed by atoms with Crippen LogP contribution in [0.25, 0.3) is 0 Å². The summed E-state index contributed by atoms with van der Waals surface area (Å²) in [6.07, 6.45) is 1.46. The number of carbonyl (C=O) groups is 1. The molecule has 0 aliphatic rings. The summed E-state index contributed by atoms with van der Waals surface area (Å²) in [5.41, 5.74) is 1.35. The van der Waals surface area contributed by atoms with Gasteiger partial charge in [0.2, 0.25) is 5.95 Å². The number of rotatable bonds is 2. The Labute approximate surface area is 114 Å². The first-order valence-electron chi connectivity index (χ1n) is 5.12. The zero-order valence-corrected chi connectivity index (χ0v) is 11.0. The van der Waals surface area contributed by atoms with Crippen LogP contribution in [0.15, 0.2) is 30.5 Å². The van der Waals surface area contributed by atoms with E-state index in [9.17, 15) is 4.79 Å². The predicted octanol–water partition coefficient (Wildman–Crippen LogP) is 3.34. The molecule has 0 atom stereocenters. The maximum Gasteiger partial charge on any atom is 0.259 e. The molecule has 1 N–H and O–H groups in total. The molecule has 1 aromatic carbocycles. The third-order valence-electron chi connectivity index (χ3n) is 2.22. The SMILES string of the molecule is Cc1ccc(C(=O)Nc2nccc(Cl)n2)c(Cl)c1. The maximum atomic E-state index is 11.9. The molecule has 0 fully saturated rings. The van der Waals surface area contributed by atoms with Crippen molar-refractivity contribution < 1.29 is 4.79 Å². The molecule has 0 radical (unpaired) electrons. The van der Waals surface area contributed by atoms with Crippen LogP contribution in [-0.2, 0) is 0 Å². The molecule has 6 heteroatoms. The minimum atomic E-state index is -0.373. The van der Waals surface area contributed by atoms with E-state index in [1.807, 2.05) is 6.92 Å². The van der Waals surface area contributed by atoms with E-state index in [0.717, 1.165) is 5.56 Å².